The molecule has 0 saturated heterocycles. The molecule has 2 N–H and O–H groups in total. The zero-order valence-corrected chi connectivity index (χ0v) is 6.05. The summed E-state index contributed by atoms with van der Waals surface area (Å²) in [5.41, 5.74) is 0. The first-order chi connectivity index (χ1) is 4.35. The van der Waals surface area contributed by atoms with Crippen LogP contribution in [-0.4, -0.2) is 39.0 Å². The maximum absolute atomic E-state index is 8.67. The minimum atomic E-state index is 0.189. The standard InChI is InChI=1S/C6H15NO2/c1-7-3-6(4-8)5-9-2/h6-8H,3-5H2,1-2H3/t6-/m1/s1. The summed E-state index contributed by atoms with van der Waals surface area (Å²) in [5.74, 6) is 0.236. The highest BCUT2D eigenvalue weighted by Crippen LogP contribution is 1.91. The van der Waals surface area contributed by atoms with E-state index in [1.54, 1.807) is 7.11 Å². The monoisotopic (exact) mass is 133 g/mol. The third-order valence-corrected chi connectivity index (χ3v) is 1.15. The lowest BCUT2D eigenvalue weighted by molar-refractivity contribution is 0.110. The van der Waals surface area contributed by atoms with E-state index >= 15 is 0 Å². The molecule has 3 nitrogen and oxygen atoms in total. The van der Waals surface area contributed by atoms with E-state index in [0.29, 0.717) is 6.61 Å². The maximum Gasteiger partial charge on any atom is 0.0524 e. The fourth-order valence-electron chi connectivity index (χ4n) is 0.701. The molecule has 0 aromatic heterocycles. The Bertz CT molecular complexity index is 53.0. The largest absolute Gasteiger partial charge is 0.396 e. The Balaban J connectivity index is 3.18. The lowest BCUT2D eigenvalue weighted by atomic mass is 10.2. The Kier molecular flexibility index (Phi) is 5.93. The van der Waals surface area contributed by atoms with E-state index in [-0.39, 0.29) is 12.5 Å². The van der Waals surface area contributed by atoms with Crippen LogP contribution in [0.3, 0.4) is 0 Å². The van der Waals surface area contributed by atoms with Crippen LogP contribution in [0.2, 0.25) is 0 Å². The van der Waals surface area contributed by atoms with Crippen molar-refractivity contribution in [2.45, 2.75) is 0 Å². The Labute approximate surface area is 56.0 Å². The van der Waals surface area contributed by atoms with Crippen molar-refractivity contribution in [2.24, 2.45) is 5.92 Å². The van der Waals surface area contributed by atoms with E-state index in [1.165, 1.54) is 0 Å². The van der Waals surface area contributed by atoms with Crippen LogP contribution < -0.4 is 5.32 Å². The van der Waals surface area contributed by atoms with Gasteiger partial charge in [0.05, 0.1) is 6.61 Å². The summed E-state index contributed by atoms with van der Waals surface area (Å²) in [4.78, 5) is 0. The third kappa shape index (κ3) is 4.39. The van der Waals surface area contributed by atoms with Gasteiger partial charge >= 0.3 is 0 Å². The van der Waals surface area contributed by atoms with Gasteiger partial charge in [0.25, 0.3) is 0 Å². The second-order valence-electron chi connectivity index (χ2n) is 2.06. The molecule has 1 atom stereocenters. The van der Waals surface area contributed by atoms with Crippen molar-refractivity contribution in [1.82, 2.24) is 5.32 Å². The maximum atomic E-state index is 8.67. The quantitative estimate of drug-likeness (QED) is 0.529. The molecule has 3 heteroatoms. The van der Waals surface area contributed by atoms with Crippen LogP contribution in [0.25, 0.3) is 0 Å². The average Bonchev–Trinajstić information content (AvgIpc) is 1.88. The molecule has 0 unspecified atom stereocenters. The van der Waals surface area contributed by atoms with Crippen molar-refractivity contribution in [1.29, 1.82) is 0 Å². The van der Waals surface area contributed by atoms with Gasteiger partial charge in [0.2, 0.25) is 0 Å². The van der Waals surface area contributed by atoms with E-state index in [2.05, 4.69) is 5.32 Å². The number of hydrogen-bond acceptors (Lipinski definition) is 3. The zero-order valence-electron chi connectivity index (χ0n) is 6.05. The Morgan fingerprint density at radius 3 is 2.67 bits per heavy atom. The van der Waals surface area contributed by atoms with Crippen molar-refractivity contribution in [3.63, 3.8) is 0 Å². The van der Waals surface area contributed by atoms with Gasteiger partial charge in [-0.3, -0.25) is 0 Å². The summed E-state index contributed by atoms with van der Waals surface area (Å²) in [7, 11) is 3.50. The number of nitrogens with one attached hydrogen (secondary N) is 1. The highest BCUT2D eigenvalue weighted by atomic mass is 16.5. The van der Waals surface area contributed by atoms with Gasteiger partial charge in [0.15, 0.2) is 0 Å². The molecule has 0 aromatic rings. The summed E-state index contributed by atoms with van der Waals surface area (Å²) in [6.07, 6.45) is 0. The lowest BCUT2D eigenvalue weighted by Gasteiger charge is -2.10. The molecule has 0 rings (SSSR count). The van der Waals surface area contributed by atoms with Crippen molar-refractivity contribution >= 4 is 0 Å². The molecule has 0 aliphatic rings. The predicted octanol–water partition coefficient (Wildman–Crippen LogP) is -0.539. The highest BCUT2D eigenvalue weighted by molar-refractivity contribution is 4.56. The van der Waals surface area contributed by atoms with Gasteiger partial charge in [-0.25, -0.2) is 0 Å². The SMILES string of the molecule is CNC[C@H](CO)COC. The van der Waals surface area contributed by atoms with E-state index in [0.717, 1.165) is 6.54 Å². The van der Waals surface area contributed by atoms with E-state index in [1.807, 2.05) is 7.05 Å². The lowest BCUT2D eigenvalue weighted by Crippen LogP contribution is -2.25. The van der Waals surface area contributed by atoms with Gasteiger partial charge in [0.1, 0.15) is 0 Å². The molecule has 0 fully saturated rings. The smallest absolute Gasteiger partial charge is 0.0524 e. The molecule has 0 bridgehead atoms. The molecule has 0 aliphatic carbocycles. The molecule has 0 heterocycles. The zero-order chi connectivity index (χ0) is 7.11. The Morgan fingerprint density at radius 1 is 1.67 bits per heavy atom. The molecule has 0 aromatic carbocycles. The van der Waals surface area contributed by atoms with Crippen molar-refractivity contribution in [2.75, 3.05) is 33.9 Å². The summed E-state index contributed by atoms with van der Waals surface area (Å²) in [6.45, 7) is 1.62. The topological polar surface area (TPSA) is 41.5 Å². The van der Waals surface area contributed by atoms with Gasteiger partial charge in [-0.15, -0.1) is 0 Å². The van der Waals surface area contributed by atoms with Gasteiger partial charge < -0.3 is 15.2 Å². The molecule has 0 amide bonds. The first-order valence-corrected chi connectivity index (χ1v) is 3.09. The molecular formula is C6H15NO2. The van der Waals surface area contributed by atoms with Crippen LogP contribution in [0.4, 0.5) is 0 Å². The molecule has 0 saturated carbocycles. The van der Waals surface area contributed by atoms with Crippen LogP contribution in [0, 0.1) is 5.92 Å². The molecular weight excluding hydrogens is 118 g/mol. The second kappa shape index (κ2) is 6.01. The molecule has 56 valence electrons. The van der Waals surface area contributed by atoms with Crippen LogP contribution in [0.5, 0.6) is 0 Å². The van der Waals surface area contributed by atoms with Crippen LogP contribution in [-0.2, 0) is 4.74 Å². The third-order valence-electron chi connectivity index (χ3n) is 1.15. The summed E-state index contributed by atoms with van der Waals surface area (Å²) in [5, 5.41) is 11.6. The normalized spacial score (nSPS) is 13.7. The number of rotatable bonds is 5. The van der Waals surface area contributed by atoms with Crippen LogP contribution in [0.15, 0.2) is 0 Å². The van der Waals surface area contributed by atoms with E-state index < -0.39 is 0 Å². The summed E-state index contributed by atoms with van der Waals surface area (Å²) in [6, 6.07) is 0. The van der Waals surface area contributed by atoms with Crippen molar-refractivity contribution < 1.29 is 9.84 Å². The fourth-order valence-corrected chi connectivity index (χ4v) is 0.701. The Hall–Kier alpha value is -0.120. The minimum Gasteiger partial charge on any atom is -0.396 e. The first kappa shape index (κ1) is 8.88. The van der Waals surface area contributed by atoms with Gasteiger partial charge in [-0.05, 0) is 7.05 Å². The molecule has 0 aliphatic heterocycles. The number of hydrogen-bond donors (Lipinski definition) is 2. The fraction of sp³-hybridized carbons (Fsp3) is 1.00. The highest BCUT2D eigenvalue weighted by Gasteiger charge is 2.03. The predicted molar refractivity (Wildman–Crippen MR) is 36.4 cm³/mol. The van der Waals surface area contributed by atoms with Gasteiger partial charge in [0, 0.05) is 26.2 Å². The average molecular weight is 133 g/mol. The number of methoxy groups -OCH3 is 1. The molecule has 0 spiro atoms. The van der Waals surface area contributed by atoms with Crippen molar-refractivity contribution in [3.8, 4) is 0 Å². The van der Waals surface area contributed by atoms with E-state index in [4.69, 9.17) is 9.84 Å². The van der Waals surface area contributed by atoms with Gasteiger partial charge in [-0.1, -0.05) is 0 Å². The summed E-state index contributed by atoms with van der Waals surface area (Å²) >= 11 is 0. The first-order valence-electron chi connectivity index (χ1n) is 3.09. The van der Waals surface area contributed by atoms with E-state index in [9.17, 15) is 0 Å². The molecule has 0 radical (unpaired) electrons. The number of aliphatic hydroxyl groups is 1. The Morgan fingerprint density at radius 2 is 2.33 bits per heavy atom. The number of ether oxygens (including phenoxy) is 1. The van der Waals surface area contributed by atoms with Crippen molar-refractivity contribution in [3.05, 3.63) is 0 Å². The van der Waals surface area contributed by atoms with Crippen LogP contribution >= 0.6 is 0 Å². The minimum absolute atomic E-state index is 0.189. The van der Waals surface area contributed by atoms with Gasteiger partial charge in [-0.2, -0.15) is 0 Å². The summed E-state index contributed by atoms with van der Waals surface area (Å²) < 4.78 is 4.85. The second-order valence-corrected chi connectivity index (χ2v) is 2.06. The van der Waals surface area contributed by atoms with Crippen LogP contribution in [0.1, 0.15) is 0 Å². The number of aliphatic hydroxyl groups excluding tert-OH is 1. The molecule has 9 heavy (non-hydrogen) atoms.